The van der Waals surface area contributed by atoms with E-state index in [1.807, 2.05) is 0 Å². The van der Waals surface area contributed by atoms with Gasteiger partial charge in [0.05, 0.1) is 0 Å². The van der Waals surface area contributed by atoms with Crippen LogP contribution in [0.2, 0.25) is 0 Å². The first-order chi connectivity index (χ1) is 5.77. The number of rotatable bonds is 1. The van der Waals surface area contributed by atoms with Crippen molar-refractivity contribution < 1.29 is 9.21 Å². The lowest BCUT2D eigenvalue weighted by molar-refractivity contribution is 0.108. The van der Waals surface area contributed by atoms with Crippen molar-refractivity contribution >= 4 is 27.9 Å². The van der Waals surface area contributed by atoms with Crippen LogP contribution in [-0.4, -0.2) is 10.2 Å². The van der Waals surface area contributed by atoms with Gasteiger partial charge < -0.3 is 4.42 Å². The van der Waals surface area contributed by atoms with E-state index in [4.69, 9.17) is 16.0 Å². The summed E-state index contributed by atoms with van der Waals surface area (Å²) in [7, 11) is 0. The van der Waals surface area contributed by atoms with Crippen molar-refractivity contribution in [1.82, 2.24) is 4.98 Å². The summed E-state index contributed by atoms with van der Waals surface area (Å²) in [5, 5.41) is -0.492. The third-order valence-electron chi connectivity index (χ3n) is 1.56. The normalized spacial score (nSPS) is 10.4. The SMILES string of the molecule is O=C(Cl)c1ccc2ncoc2c1. The molecule has 12 heavy (non-hydrogen) atoms. The van der Waals surface area contributed by atoms with Gasteiger partial charge in [0.1, 0.15) is 5.52 Å². The van der Waals surface area contributed by atoms with Gasteiger partial charge in [-0.25, -0.2) is 4.98 Å². The fourth-order valence-corrected chi connectivity index (χ4v) is 1.09. The maximum absolute atomic E-state index is 10.7. The lowest BCUT2D eigenvalue weighted by atomic mass is 10.2. The molecule has 0 spiro atoms. The zero-order chi connectivity index (χ0) is 8.55. The number of benzene rings is 1. The molecule has 1 heterocycles. The van der Waals surface area contributed by atoms with Gasteiger partial charge in [-0.1, -0.05) is 0 Å². The van der Waals surface area contributed by atoms with Crippen LogP contribution >= 0.6 is 11.6 Å². The topological polar surface area (TPSA) is 43.1 Å². The molecule has 60 valence electrons. The first-order valence-corrected chi connectivity index (χ1v) is 3.68. The molecule has 0 N–H and O–H groups in total. The Morgan fingerprint density at radius 2 is 2.33 bits per heavy atom. The molecule has 4 heteroatoms. The second-order valence-corrected chi connectivity index (χ2v) is 2.65. The van der Waals surface area contributed by atoms with Gasteiger partial charge >= 0.3 is 0 Å². The summed E-state index contributed by atoms with van der Waals surface area (Å²) in [4.78, 5) is 14.6. The highest BCUT2D eigenvalue weighted by Gasteiger charge is 2.04. The summed E-state index contributed by atoms with van der Waals surface area (Å²) in [5.74, 6) is 0. The molecule has 0 unspecified atom stereocenters. The molecule has 1 aromatic heterocycles. The molecule has 0 saturated carbocycles. The first kappa shape index (κ1) is 7.31. The van der Waals surface area contributed by atoms with E-state index in [2.05, 4.69) is 4.98 Å². The molecule has 1 aromatic carbocycles. The number of carbonyl (C=O) groups is 1. The molecule has 3 nitrogen and oxygen atoms in total. The van der Waals surface area contributed by atoms with Crippen LogP contribution in [0.25, 0.3) is 11.1 Å². The summed E-state index contributed by atoms with van der Waals surface area (Å²) in [6.45, 7) is 0. The Morgan fingerprint density at radius 3 is 3.08 bits per heavy atom. The molecule has 0 bridgehead atoms. The van der Waals surface area contributed by atoms with E-state index in [-0.39, 0.29) is 0 Å². The smallest absolute Gasteiger partial charge is 0.252 e. The minimum Gasteiger partial charge on any atom is -0.443 e. The van der Waals surface area contributed by atoms with Gasteiger partial charge in [-0.2, -0.15) is 0 Å². The number of hydrogen-bond donors (Lipinski definition) is 0. The van der Waals surface area contributed by atoms with E-state index in [0.29, 0.717) is 11.1 Å². The van der Waals surface area contributed by atoms with Crippen molar-refractivity contribution in [3.63, 3.8) is 0 Å². The van der Waals surface area contributed by atoms with E-state index in [1.165, 1.54) is 6.39 Å². The maximum Gasteiger partial charge on any atom is 0.252 e. The summed E-state index contributed by atoms with van der Waals surface area (Å²) >= 11 is 5.27. The number of halogens is 1. The number of carbonyl (C=O) groups excluding carboxylic acids is 1. The lowest BCUT2D eigenvalue weighted by Crippen LogP contribution is -1.86. The Kier molecular flexibility index (Phi) is 1.59. The van der Waals surface area contributed by atoms with Gasteiger partial charge in [0.2, 0.25) is 0 Å². The van der Waals surface area contributed by atoms with Crippen molar-refractivity contribution in [3.8, 4) is 0 Å². The van der Waals surface area contributed by atoms with Crippen LogP contribution in [0, 0.1) is 0 Å². The van der Waals surface area contributed by atoms with Gasteiger partial charge in [-0.3, -0.25) is 4.79 Å². The van der Waals surface area contributed by atoms with Crippen LogP contribution in [0.3, 0.4) is 0 Å². The Bertz CT molecular complexity index is 435. The van der Waals surface area contributed by atoms with Crippen LogP contribution in [-0.2, 0) is 0 Å². The van der Waals surface area contributed by atoms with E-state index in [9.17, 15) is 4.79 Å². The number of fused-ring (bicyclic) bond motifs is 1. The van der Waals surface area contributed by atoms with Crippen molar-refractivity contribution in [2.24, 2.45) is 0 Å². The molecule has 2 rings (SSSR count). The summed E-state index contributed by atoms with van der Waals surface area (Å²) in [6.07, 6.45) is 1.33. The van der Waals surface area contributed by atoms with Gasteiger partial charge in [-0.05, 0) is 29.8 Å². The van der Waals surface area contributed by atoms with Crippen LogP contribution < -0.4 is 0 Å². The molecule has 0 saturated heterocycles. The van der Waals surface area contributed by atoms with Crippen LogP contribution in [0.15, 0.2) is 29.0 Å². The summed E-state index contributed by atoms with van der Waals surface area (Å²) in [5.41, 5.74) is 1.71. The zero-order valence-corrected chi connectivity index (χ0v) is 6.71. The monoisotopic (exact) mass is 181 g/mol. The maximum atomic E-state index is 10.7. The summed E-state index contributed by atoms with van der Waals surface area (Å²) in [6, 6.07) is 4.87. The van der Waals surface area contributed by atoms with E-state index >= 15 is 0 Å². The predicted molar refractivity (Wildman–Crippen MR) is 44.2 cm³/mol. The highest BCUT2D eigenvalue weighted by molar-refractivity contribution is 6.67. The molecular weight excluding hydrogens is 178 g/mol. The summed E-state index contributed by atoms with van der Waals surface area (Å²) < 4.78 is 4.99. The van der Waals surface area contributed by atoms with Gasteiger partial charge in [-0.15, -0.1) is 0 Å². The number of hydrogen-bond acceptors (Lipinski definition) is 3. The van der Waals surface area contributed by atoms with E-state index in [1.54, 1.807) is 18.2 Å². The average molecular weight is 182 g/mol. The van der Waals surface area contributed by atoms with Gasteiger partial charge in [0.25, 0.3) is 5.24 Å². The van der Waals surface area contributed by atoms with Crippen LogP contribution in [0.5, 0.6) is 0 Å². The van der Waals surface area contributed by atoms with E-state index in [0.717, 1.165) is 5.52 Å². The number of nitrogens with zero attached hydrogens (tertiary/aromatic N) is 1. The molecular formula is C8H4ClNO2. The Morgan fingerprint density at radius 1 is 1.50 bits per heavy atom. The van der Waals surface area contributed by atoms with Crippen molar-refractivity contribution in [1.29, 1.82) is 0 Å². The van der Waals surface area contributed by atoms with Gasteiger partial charge in [0.15, 0.2) is 12.0 Å². The molecule has 0 aliphatic heterocycles. The van der Waals surface area contributed by atoms with Gasteiger partial charge in [0, 0.05) is 5.56 Å². The lowest BCUT2D eigenvalue weighted by Gasteiger charge is -1.90. The average Bonchev–Trinajstić information content (AvgIpc) is 2.49. The molecule has 0 atom stereocenters. The molecule has 0 fully saturated rings. The van der Waals surface area contributed by atoms with Crippen molar-refractivity contribution in [2.45, 2.75) is 0 Å². The van der Waals surface area contributed by atoms with Crippen molar-refractivity contribution in [2.75, 3.05) is 0 Å². The third kappa shape index (κ3) is 1.08. The second kappa shape index (κ2) is 2.60. The quantitative estimate of drug-likeness (QED) is 0.634. The van der Waals surface area contributed by atoms with Crippen LogP contribution in [0.4, 0.5) is 0 Å². The minimum atomic E-state index is -0.492. The standard InChI is InChI=1S/C8H4ClNO2/c9-8(11)5-1-2-6-7(3-5)12-4-10-6/h1-4H. The fourth-order valence-electron chi connectivity index (χ4n) is 0.977. The van der Waals surface area contributed by atoms with E-state index < -0.39 is 5.24 Å². The largest absolute Gasteiger partial charge is 0.443 e. The molecule has 0 radical (unpaired) electrons. The molecule has 0 amide bonds. The highest BCUT2D eigenvalue weighted by atomic mass is 35.5. The molecule has 0 aliphatic carbocycles. The highest BCUT2D eigenvalue weighted by Crippen LogP contribution is 2.15. The van der Waals surface area contributed by atoms with Crippen molar-refractivity contribution in [3.05, 3.63) is 30.2 Å². The Labute approximate surface area is 73.0 Å². The molecule has 0 aliphatic rings. The number of oxazole rings is 1. The predicted octanol–water partition coefficient (Wildman–Crippen LogP) is 2.21. The Balaban J connectivity index is 2.68. The first-order valence-electron chi connectivity index (χ1n) is 3.30. The minimum absolute atomic E-state index is 0.418. The zero-order valence-electron chi connectivity index (χ0n) is 5.95. The third-order valence-corrected chi connectivity index (χ3v) is 1.78. The Hall–Kier alpha value is -1.35. The van der Waals surface area contributed by atoms with Crippen LogP contribution in [0.1, 0.15) is 10.4 Å². The molecule has 2 aromatic rings. The second-order valence-electron chi connectivity index (χ2n) is 2.31. The fraction of sp³-hybridized carbons (Fsp3) is 0. The number of aromatic nitrogens is 1.